The van der Waals surface area contributed by atoms with E-state index in [2.05, 4.69) is 14.9 Å². The number of benzene rings is 1. The van der Waals surface area contributed by atoms with E-state index in [-0.39, 0.29) is 5.88 Å². The number of rotatable bonds is 1. The Morgan fingerprint density at radius 1 is 1.17 bits per heavy atom. The van der Waals surface area contributed by atoms with Gasteiger partial charge in [0.05, 0.1) is 10.9 Å². The first-order chi connectivity index (χ1) is 5.92. The molecule has 0 saturated heterocycles. The van der Waals surface area contributed by atoms with Crippen molar-refractivity contribution in [2.24, 2.45) is 0 Å². The van der Waals surface area contributed by atoms with Gasteiger partial charge in [-0.25, -0.2) is 4.98 Å². The van der Waals surface area contributed by atoms with E-state index in [9.17, 15) is 4.53 Å². The molecule has 1 heterocycles. The molecule has 60 valence electrons. The molecule has 0 saturated carbocycles. The van der Waals surface area contributed by atoms with Gasteiger partial charge in [-0.2, -0.15) is 4.98 Å². The molecule has 0 atom stereocenters. The van der Waals surface area contributed by atoms with Crippen molar-refractivity contribution in [3.05, 3.63) is 30.6 Å². The summed E-state index contributed by atoms with van der Waals surface area (Å²) in [6.45, 7) is 0. The van der Waals surface area contributed by atoms with Gasteiger partial charge in [-0.05, 0) is 12.1 Å². The van der Waals surface area contributed by atoms with Crippen LogP contribution >= 0.6 is 0 Å². The molecule has 0 spiro atoms. The van der Waals surface area contributed by atoms with Crippen molar-refractivity contribution >= 4 is 10.9 Å². The summed E-state index contributed by atoms with van der Waals surface area (Å²) in [7, 11) is 0. The first-order valence-electron chi connectivity index (χ1n) is 3.40. The van der Waals surface area contributed by atoms with E-state index >= 15 is 0 Å². The predicted octanol–water partition coefficient (Wildman–Crippen LogP) is 1.89. The van der Waals surface area contributed by atoms with E-state index in [1.165, 1.54) is 6.33 Å². The van der Waals surface area contributed by atoms with Crippen LogP contribution < -0.4 is 4.94 Å². The predicted molar refractivity (Wildman–Crippen MR) is 41.3 cm³/mol. The van der Waals surface area contributed by atoms with Gasteiger partial charge in [0, 0.05) is 4.53 Å². The Balaban J connectivity index is 2.79. The minimum Gasteiger partial charge on any atom is -0.273 e. The Bertz CT molecular complexity index is 400. The molecular weight excluding hydrogens is 159 g/mol. The minimum absolute atomic E-state index is 0.0411. The lowest BCUT2D eigenvalue weighted by molar-refractivity contribution is -0.00984. The summed E-state index contributed by atoms with van der Waals surface area (Å²) < 4.78 is 11.9. The van der Waals surface area contributed by atoms with Gasteiger partial charge in [0.1, 0.15) is 6.33 Å². The zero-order valence-corrected chi connectivity index (χ0v) is 6.07. The fourth-order valence-corrected chi connectivity index (χ4v) is 1.04. The highest BCUT2D eigenvalue weighted by Gasteiger charge is 2.02. The molecule has 3 nitrogen and oxygen atoms in total. The van der Waals surface area contributed by atoms with Crippen molar-refractivity contribution in [3.8, 4) is 5.88 Å². The van der Waals surface area contributed by atoms with E-state index in [1.54, 1.807) is 18.2 Å². The van der Waals surface area contributed by atoms with Crippen LogP contribution in [0, 0.1) is 0 Å². The van der Waals surface area contributed by atoms with Gasteiger partial charge >= 0.3 is 0 Å². The SMILES string of the molecule is FOc1ncnc2ccccc12. The number of hydrogen-bond donors (Lipinski definition) is 0. The monoisotopic (exact) mass is 164 g/mol. The number of fused-ring (bicyclic) bond motifs is 1. The highest BCUT2D eigenvalue weighted by Crippen LogP contribution is 2.20. The minimum atomic E-state index is -0.0411. The molecule has 0 radical (unpaired) electrons. The van der Waals surface area contributed by atoms with Gasteiger partial charge in [-0.3, -0.25) is 4.94 Å². The third-order valence-electron chi connectivity index (χ3n) is 1.58. The van der Waals surface area contributed by atoms with Crippen LogP contribution in [0.2, 0.25) is 0 Å². The van der Waals surface area contributed by atoms with E-state index in [4.69, 9.17) is 0 Å². The molecule has 1 aromatic heterocycles. The summed E-state index contributed by atoms with van der Waals surface area (Å²) in [4.78, 5) is 11.1. The Labute approximate surface area is 67.7 Å². The molecule has 12 heavy (non-hydrogen) atoms. The molecule has 0 bridgehead atoms. The highest BCUT2D eigenvalue weighted by molar-refractivity contribution is 5.82. The second kappa shape index (κ2) is 2.73. The maximum atomic E-state index is 11.9. The molecule has 0 aliphatic carbocycles. The largest absolute Gasteiger partial charge is 0.273 e. The lowest BCUT2D eigenvalue weighted by atomic mass is 10.2. The summed E-state index contributed by atoms with van der Waals surface area (Å²) in [5.74, 6) is -0.0411. The van der Waals surface area contributed by atoms with Crippen LogP contribution in [0.4, 0.5) is 4.53 Å². The zero-order valence-electron chi connectivity index (χ0n) is 6.07. The molecular formula is C8H5FN2O. The van der Waals surface area contributed by atoms with Crippen LogP contribution in [0.5, 0.6) is 5.88 Å². The van der Waals surface area contributed by atoms with E-state index in [0.29, 0.717) is 10.9 Å². The second-order valence-electron chi connectivity index (χ2n) is 2.27. The molecule has 1 aromatic carbocycles. The van der Waals surface area contributed by atoms with Crippen molar-refractivity contribution in [2.45, 2.75) is 0 Å². The number of para-hydroxylation sites is 1. The molecule has 2 rings (SSSR count). The van der Waals surface area contributed by atoms with Crippen molar-refractivity contribution in [3.63, 3.8) is 0 Å². The van der Waals surface area contributed by atoms with Gasteiger partial charge in [0.2, 0.25) is 0 Å². The fraction of sp³-hybridized carbons (Fsp3) is 0. The fourth-order valence-electron chi connectivity index (χ4n) is 1.04. The number of hydrogen-bond acceptors (Lipinski definition) is 3. The molecule has 0 aliphatic rings. The van der Waals surface area contributed by atoms with Crippen molar-refractivity contribution < 1.29 is 9.47 Å². The van der Waals surface area contributed by atoms with Crippen molar-refractivity contribution in [2.75, 3.05) is 0 Å². The summed E-state index contributed by atoms with van der Waals surface area (Å²) in [5.41, 5.74) is 0.667. The summed E-state index contributed by atoms with van der Waals surface area (Å²) in [6.07, 6.45) is 1.26. The van der Waals surface area contributed by atoms with E-state index in [1.807, 2.05) is 6.07 Å². The normalized spacial score (nSPS) is 10.1. The Morgan fingerprint density at radius 3 is 2.83 bits per heavy atom. The van der Waals surface area contributed by atoms with Gasteiger partial charge in [0.15, 0.2) is 0 Å². The van der Waals surface area contributed by atoms with Crippen LogP contribution in [0.15, 0.2) is 30.6 Å². The molecule has 0 fully saturated rings. The lowest BCUT2D eigenvalue weighted by Gasteiger charge is -1.97. The first kappa shape index (κ1) is 6.97. The van der Waals surface area contributed by atoms with Crippen LogP contribution in [-0.4, -0.2) is 9.97 Å². The maximum absolute atomic E-state index is 11.9. The topological polar surface area (TPSA) is 35.0 Å². The van der Waals surface area contributed by atoms with Gasteiger partial charge in [-0.15, -0.1) is 0 Å². The third kappa shape index (κ3) is 0.972. The number of aromatic nitrogens is 2. The zero-order chi connectivity index (χ0) is 8.39. The average molecular weight is 164 g/mol. The Morgan fingerprint density at radius 2 is 2.00 bits per heavy atom. The molecule has 4 heteroatoms. The van der Waals surface area contributed by atoms with Crippen LogP contribution in [-0.2, 0) is 0 Å². The molecule has 0 amide bonds. The standard InChI is InChI=1S/C8H5FN2O/c9-12-8-6-3-1-2-4-7(6)10-5-11-8/h1-5H. The molecule has 2 aromatic rings. The Hall–Kier alpha value is -1.71. The van der Waals surface area contributed by atoms with Gasteiger partial charge < -0.3 is 0 Å². The summed E-state index contributed by atoms with van der Waals surface area (Å²) in [6, 6.07) is 7.05. The summed E-state index contributed by atoms with van der Waals surface area (Å²) >= 11 is 0. The molecule has 0 N–H and O–H groups in total. The van der Waals surface area contributed by atoms with Crippen molar-refractivity contribution in [1.82, 2.24) is 9.97 Å². The first-order valence-corrected chi connectivity index (χ1v) is 3.40. The van der Waals surface area contributed by atoms with Crippen LogP contribution in [0.25, 0.3) is 10.9 Å². The number of nitrogens with zero attached hydrogens (tertiary/aromatic N) is 2. The summed E-state index contributed by atoms with van der Waals surface area (Å²) in [5, 5.41) is 0.572. The van der Waals surface area contributed by atoms with Crippen LogP contribution in [0.3, 0.4) is 0 Å². The van der Waals surface area contributed by atoms with Gasteiger partial charge in [0.25, 0.3) is 5.88 Å². The number of halogens is 1. The van der Waals surface area contributed by atoms with Gasteiger partial charge in [-0.1, -0.05) is 12.1 Å². The second-order valence-corrected chi connectivity index (χ2v) is 2.27. The van der Waals surface area contributed by atoms with E-state index in [0.717, 1.165) is 0 Å². The third-order valence-corrected chi connectivity index (χ3v) is 1.58. The smallest absolute Gasteiger partial charge is 0.273 e. The average Bonchev–Trinajstić information content (AvgIpc) is 2.17. The lowest BCUT2D eigenvalue weighted by Crippen LogP contribution is -1.86. The quantitative estimate of drug-likeness (QED) is 0.645. The maximum Gasteiger partial charge on any atom is 0.273 e. The molecule has 0 unspecified atom stereocenters. The highest BCUT2D eigenvalue weighted by atomic mass is 19.3. The molecule has 0 aliphatic heterocycles. The van der Waals surface area contributed by atoms with Crippen LogP contribution in [0.1, 0.15) is 0 Å². The van der Waals surface area contributed by atoms with Crippen molar-refractivity contribution in [1.29, 1.82) is 0 Å². The Kier molecular flexibility index (Phi) is 1.59. The van der Waals surface area contributed by atoms with E-state index < -0.39 is 0 Å².